The quantitative estimate of drug-likeness (QED) is 0.513. The smallest absolute Gasteiger partial charge is 0.269 e. The van der Waals surface area contributed by atoms with Crippen molar-refractivity contribution in [3.8, 4) is 17.2 Å². The van der Waals surface area contributed by atoms with Gasteiger partial charge < -0.3 is 24.3 Å². The number of benzene rings is 2. The molecule has 3 N–H and O–H groups in total. The molecule has 2 rings (SSSR count). The second kappa shape index (κ2) is 11.4. The van der Waals surface area contributed by atoms with E-state index in [2.05, 4.69) is 16.2 Å². The van der Waals surface area contributed by atoms with E-state index < -0.39 is 24.3 Å². The summed E-state index contributed by atoms with van der Waals surface area (Å²) in [7, 11) is 4.29. The highest BCUT2D eigenvalue weighted by Crippen LogP contribution is 2.38. The zero-order valence-electron chi connectivity index (χ0n) is 17.7. The monoisotopic (exact) mass is 431 g/mol. The maximum Gasteiger partial charge on any atom is 0.269 e. The molecule has 2 aromatic rings. The second-order valence-corrected chi connectivity index (χ2v) is 6.32. The third-order valence-corrected chi connectivity index (χ3v) is 4.04. The molecule has 0 aliphatic carbocycles. The average Bonchev–Trinajstić information content (AvgIpc) is 2.77. The lowest BCUT2D eigenvalue weighted by Crippen LogP contribution is -2.43. The Morgan fingerprint density at radius 3 is 1.94 bits per heavy atom. The van der Waals surface area contributed by atoms with Gasteiger partial charge in [0, 0.05) is 11.3 Å². The molecule has 166 valence electrons. The van der Waals surface area contributed by atoms with Crippen molar-refractivity contribution >= 4 is 23.4 Å². The van der Waals surface area contributed by atoms with Crippen LogP contribution in [0.4, 0.5) is 5.69 Å². The normalized spacial score (nSPS) is 10.1. The van der Waals surface area contributed by atoms with Crippen LogP contribution < -0.4 is 30.4 Å². The maximum absolute atomic E-state index is 12.3. The first-order valence-electron chi connectivity index (χ1n) is 9.21. The minimum Gasteiger partial charge on any atom is -0.493 e. The molecule has 2 aromatic carbocycles. The summed E-state index contributed by atoms with van der Waals surface area (Å²) in [5, 5.41) is 2.65. The number of amides is 3. The minimum atomic E-state index is -0.635. The van der Waals surface area contributed by atoms with Gasteiger partial charge in [-0.2, -0.15) is 0 Å². The molecule has 0 fully saturated rings. The van der Waals surface area contributed by atoms with Gasteiger partial charge in [-0.15, -0.1) is 0 Å². The number of carbonyl (C=O) groups excluding carboxylic acids is 3. The van der Waals surface area contributed by atoms with Gasteiger partial charge in [-0.05, 0) is 31.2 Å². The van der Waals surface area contributed by atoms with Gasteiger partial charge in [-0.3, -0.25) is 25.2 Å². The summed E-state index contributed by atoms with van der Waals surface area (Å²) >= 11 is 0. The molecule has 0 saturated heterocycles. The van der Waals surface area contributed by atoms with Gasteiger partial charge >= 0.3 is 0 Å². The number of ether oxygens (including phenoxy) is 4. The zero-order chi connectivity index (χ0) is 22.8. The van der Waals surface area contributed by atoms with E-state index in [1.165, 1.54) is 33.5 Å². The van der Waals surface area contributed by atoms with E-state index in [9.17, 15) is 14.4 Å². The Hall–Kier alpha value is -3.79. The van der Waals surface area contributed by atoms with Crippen LogP contribution >= 0.6 is 0 Å². The Morgan fingerprint density at radius 1 is 0.806 bits per heavy atom. The summed E-state index contributed by atoms with van der Waals surface area (Å²) in [6.07, 6.45) is 0. The molecule has 0 radical (unpaired) electrons. The Labute approximate surface area is 179 Å². The van der Waals surface area contributed by atoms with Crippen LogP contribution in [0.1, 0.15) is 15.9 Å². The number of rotatable bonds is 9. The van der Waals surface area contributed by atoms with Gasteiger partial charge in [0.25, 0.3) is 11.8 Å². The third-order valence-electron chi connectivity index (χ3n) is 4.04. The highest BCUT2D eigenvalue weighted by Gasteiger charge is 2.17. The van der Waals surface area contributed by atoms with Gasteiger partial charge in [0.2, 0.25) is 11.7 Å². The summed E-state index contributed by atoms with van der Waals surface area (Å²) in [6, 6.07) is 10.1. The molecule has 10 heteroatoms. The predicted molar refractivity (Wildman–Crippen MR) is 112 cm³/mol. The molecule has 0 saturated carbocycles. The van der Waals surface area contributed by atoms with Gasteiger partial charge in [0.05, 0.1) is 21.3 Å². The SMILES string of the molecule is COc1cc(C(=O)NNC(=O)COCC(=O)Nc2ccc(C)cc2)cc(OC)c1OC. The molecule has 10 nitrogen and oxygen atoms in total. The van der Waals surface area contributed by atoms with Crippen LogP contribution in [0.3, 0.4) is 0 Å². The van der Waals surface area contributed by atoms with Crippen molar-refractivity contribution in [1.82, 2.24) is 10.9 Å². The van der Waals surface area contributed by atoms with Gasteiger partial charge in [-0.1, -0.05) is 17.7 Å². The molecule has 0 aliphatic rings. The van der Waals surface area contributed by atoms with Crippen LogP contribution in [0, 0.1) is 6.92 Å². The fourth-order valence-corrected chi connectivity index (χ4v) is 2.52. The van der Waals surface area contributed by atoms with Crippen LogP contribution in [-0.2, 0) is 14.3 Å². The number of aryl methyl sites for hydroxylation is 1. The lowest BCUT2D eigenvalue weighted by atomic mass is 10.1. The molecule has 0 aromatic heterocycles. The van der Waals surface area contributed by atoms with Crippen molar-refractivity contribution in [1.29, 1.82) is 0 Å². The zero-order valence-corrected chi connectivity index (χ0v) is 17.7. The largest absolute Gasteiger partial charge is 0.493 e. The first-order chi connectivity index (χ1) is 14.9. The van der Waals surface area contributed by atoms with Crippen molar-refractivity contribution in [2.45, 2.75) is 6.92 Å². The van der Waals surface area contributed by atoms with Gasteiger partial charge in [0.15, 0.2) is 11.5 Å². The fraction of sp³-hybridized carbons (Fsp3) is 0.286. The van der Waals surface area contributed by atoms with E-state index in [0.29, 0.717) is 22.9 Å². The van der Waals surface area contributed by atoms with E-state index in [1.807, 2.05) is 19.1 Å². The summed E-state index contributed by atoms with van der Waals surface area (Å²) in [5.41, 5.74) is 6.33. The number of hydrogen-bond acceptors (Lipinski definition) is 7. The number of methoxy groups -OCH3 is 3. The Morgan fingerprint density at radius 2 is 1.39 bits per heavy atom. The lowest BCUT2D eigenvalue weighted by molar-refractivity contribution is -0.129. The van der Waals surface area contributed by atoms with Crippen molar-refractivity contribution in [3.63, 3.8) is 0 Å². The van der Waals surface area contributed by atoms with Crippen LogP contribution in [0.5, 0.6) is 17.2 Å². The van der Waals surface area contributed by atoms with Crippen molar-refractivity contribution < 1.29 is 33.3 Å². The van der Waals surface area contributed by atoms with Gasteiger partial charge in [0.1, 0.15) is 13.2 Å². The van der Waals surface area contributed by atoms with E-state index in [0.717, 1.165) is 5.56 Å². The molecule has 0 atom stereocenters. The van der Waals surface area contributed by atoms with Crippen LogP contribution in [0.2, 0.25) is 0 Å². The van der Waals surface area contributed by atoms with Crippen molar-refractivity contribution in [3.05, 3.63) is 47.5 Å². The van der Waals surface area contributed by atoms with E-state index in [-0.39, 0.29) is 12.2 Å². The van der Waals surface area contributed by atoms with Crippen molar-refractivity contribution in [2.24, 2.45) is 0 Å². The van der Waals surface area contributed by atoms with E-state index in [4.69, 9.17) is 18.9 Å². The second-order valence-electron chi connectivity index (χ2n) is 6.32. The number of nitrogens with one attached hydrogen (secondary N) is 3. The maximum atomic E-state index is 12.3. The lowest BCUT2D eigenvalue weighted by Gasteiger charge is -2.14. The highest BCUT2D eigenvalue weighted by atomic mass is 16.5. The third kappa shape index (κ3) is 6.89. The highest BCUT2D eigenvalue weighted by molar-refractivity contribution is 5.97. The van der Waals surface area contributed by atoms with Crippen molar-refractivity contribution in [2.75, 3.05) is 39.9 Å². The molecule has 0 bridgehead atoms. The average molecular weight is 431 g/mol. The van der Waals surface area contributed by atoms with Crippen LogP contribution in [0.25, 0.3) is 0 Å². The molecule has 3 amide bonds. The number of anilines is 1. The number of hydrogen-bond donors (Lipinski definition) is 3. The number of hydrazine groups is 1. The molecular formula is C21H25N3O7. The van der Waals surface area contributed by atoms with Gasteiger partial charge in [-0.25, -0.2) is 0 Å². The molecule has 31 heavy (non-hydrogen) atoms. The molecular weight excluding hydrogens is 406 g/mol. The topological polar surface area (TPSA) is 124 Å². The minimum absolute atomic E-state index is 0.174. The van der Waals surface area contributed by atoms with E-state index in [1.54, 1.807) is 12.1 Å². The molecule has 0 unspecified atom stereocenters. The fourth-order valence-electron chi connectivity index (χ4n) is 2.52. The van der Waals surface area contributed by atoms with E-state index >= 15 is 0 Å². The molecule has 0 spiro atoms. The first kappa shape index (κ1) is 23.5. The predicted octanol–water partition coefficient (Wildman–Crippen LogP) is 1.44. The summed E-state index contributed by atoms with van der Waals surface area (Å²) in [6.45, 7) is 1.20. The Balaban J connectivity index is 1.79. The van der Waals surface area contributed by atoms with Crippen LogP contribution in [0.15, 0.2) is 36.4 Å². The number of carbonyl (C=O) groups is 3. The molecule has 0 heterocycles. The Kier molecular flexibility index (Phi) is 8.64. The Bertz CT molecular complexity index is 904. The summed E-state index contributed by atoms with van der Waals surface area (Å²) in [4.78, 5) is 36.0. The summed E-state index contributed by atoms with van der Waals surface area (Å²) in [5.74, 6) is -0.725. The summed E-state index contributed by atoms with van der Waals surface area (Å²) < 4.78 is 20.6. The first-order valence-corrected chi connectivity index (χ1v) is 9.21. The molecule has 0 aliphatic heterocycles. The van der Waals surface area contributed by atoms with Crippen LogP contribution in [-0.4, -0.2) is 52.3 Å². The standard InChI is InChI=1S/C21H25N3O7/c1-13-5-7-15(8-6-13)22-18(25)11-31-12-19(26)23-24-21(27)14-9-16(28-2)20(30-4)17(10-14)29-3/h5-10H,11-12H2,1-4H3,(H,22,25)(H,23,26)(H,24,27).